The van der Waals surface area contributed by atoms with Gasteiger partial charge in [0.15, 0.2) is 5.82 Å². The molecular formula is C26H29N5O. The van der Waals surface area contributed by atoms with Crippen molar-refractivity contribution in [2.45, 2.75) is 52.1 Å². The van der Waals surface area contributed by atoms with Gasteiger partial charge in [-0.25, -0.2) is 9.97 Å². The monoisotopic (exact) mass is 427 g/mol. The third-order valence-corrected chi connectivity index (χ3v) is 6.22. The number of pyridine rings is 1. The molecule has 5 rings (SSSR count). The minimum absolute atomic E-state index is 0.178. The zero-order chi connectivity index (χ0) is 22.1. The molecule has 0 atom stereocenters. The van der Waals surface area contributed by atoms with Gasteiger partial charge in [-0.1, -0.05) is 55.8 Å². The van der Waals surface area contributed by atoms with Crippen molar-refractivity contribution in [3.63, 3.8) is 0 Å². The minimum atomic E-state index is 0.178. The molecule has 32 heavy (non-hydrogen) atoms. The van der Waals surface area contributed by atoms with Crippen molar-refractivity contribution >= 4 is 33.7 Å². The maximum atomic E-state index is 11.9. The molecule has 0 radical (unpaired) electrons. The summed E-state index contributed by atoms with van der Waals surface area (Å²) in [6.45, 7) is 3.49. The number of amides is 1. The smallest absolute Gasteiger partial charge is 0.223 e. The first-order chi connectivity index (χ1) is 15.6. The molecule has 1 saturated carbocycles. The third kappa shape index (κ3) is 4.05. The number of imidazole rings is 1. The summed E-state index contributed by atoms with van der Waals surface area (Å²) in [5, 5.41) is 4.11. The first-order valence-corrected chi connectivity index (χ1v) is 11.5. The highest BCUT2D eigenvalue weighted by molar-refractivity contribution is 6.06. The number of rotatable bonds is 8. The number of carbonyl (C=O) groups is 1. The number of anilines is 1. The Morgan fingerprint density at radius 1 is 1.09 bits per heavy atom. The van der Waals surface area contributed by atoms with E-state index in [1.165, 1.54) is 5.56 Å². The fraction of sp³-hybridized carbons (Fsp3) is 0.346. The van der Waals surface area contributed by atoms with Gasteiger partial charge in [0.2, 0.25) is 5.91 Å². The first-order valence-electron chi connectivity index (χ1n) is 11.5. The summed E-state index contributed by atoms with van der Waals surface area (Å²) < 4.78 is 2.30. The Morgan fingerprint density at radius 3 is 2.59 bits per heavy atom. The van der Waals surface area contributed by atoms with Gasteiger partial charge in [0.25, 0.3) is 0 Å². The van der Waals surface area contributed by atoms with Gasteiger partial charge in [-0.3, -0.25) is 4.79 Å². The van der Waals surface area contributed by atoms with E-state index in [1.54, 1.807) is 0 Å². The summed E-state index contributed by atoms with van der Waals surface area (Å²) in [7, 11) is 0. The minimum Gasteiger partial charge on any atom is -0.382 e. The number of unbranched alkanes of at least 4 members (excludes halogenated alkanes) is 1. The van der Waals surface area contributed by atoms with Crippen LogP contribution in [0.3, 0.4) is 0 Å². The Morgan fingerprint density at radius 2 is 1.84 bits per heavy atom. The maximum absolute atomic E-state index is 11.9. The van der Waals surface area contributed by atoms with Crippen molar-refractivity contribution in [1.82, 2.24) is 19.9 Å². The molecule has 1 fully saturated rings. The Kier molecular flexibility index (Phi) is 5.52. The Hall–Kier alpha value is -3.41. The average Bonchev–Trinajstić information content (AvgIpc) is 3.60. The number of nitrogens with zero attached hydrogens (tertiary/aromatic N) is 3. The van der Waals surface area contributed by atoms with Gasteiger partial charge in [0.05, 0.1) is 11.0 Å². The van der Waals surface area contributed by atoms with Crippen molar-refractivity contribution in [3.8, 4) is 0 Å². The molecule has 0 aliphatic heterocycles. The predicted molar refractivity (Wildman–Crippen MR) is 128 cm³/mol. The molecule has 2 heterocycles. The van der Waals surface area contributed by atoms with E-state index in [9.17, 15) is 4.79 Å². The standard InChI is InChI=1S/C26H29N5O/c1-2-3-8-22-30-23-24(20-6-4-5-7-21(20)29-25(23)27)31(22)16-18-11-9-17(10-12-18)15-28-26(32)19-13-14-19/h4-7,9-12,19H,2-3,8,13-16H2,1H3,(H2,27,29)(H,28,32). The molecule has 1 amide bonds. The van der Waals surface area contributed by atoms with Crippen molar-refractivity contribution in [1.29, 1.82) is 0 Å². The van der Waals surface area contributed by atoms with Gasteiger partial charge in [-0.05, 0) is 36.5 Å². The summed E-state index contributed by atoms with van der Waals surface area (Å²) in [6, 6.07) is 16.6. The SMILES string of the molecule is CCCCc1nc2c(N)nc3ccccc3c2n1Cc1ccc(CNC(=O)C2CC2)cc1. The second-order valence-electron chi connectivity index (χ2n) is 8.74. The Bertz CT molecular complexity index is 1270. The average molecular weight is 428 g/mol. The molecule has 3 N–H and O–H groups in total. The van der Waals surface area contributed by atoms with Gasteiger partial charge in [0.1, 0.15) is 11.3 Å². The second kappa shape index (κ2) is 8.61. The topological polar surface area (TPSA) is 85.8 Å². The number of nitrogen functional groups attached to an aromatic ring is 1. The summed E-state index contributed by atoms with van der Waals surface area (Å²) in [4.78, 5) is 21.4. The number of nitrogens with two attached hydrogens (primary N) is 1. The number of aryl methyl sites for hydroxylation is 1. The molecule has 1 aliphatic carbocycles. The van der Waals surface area contributed by atoms with Gasteiger partial charge in [-0.15, -0.1) is 0 Å². The lowest BCUT2D eigenvalue weighted by Crippen LogP contribution is -2.24. The number of para-hydroxylation sites is 1. The molecule has 0 bridgehead atoms. The van der Waals surface area contributed by atoms with Gasteiger partial charge < -0.3 is 15.6 Å². The van der Waals surface area contributed by atoms with Gasteiger partial charge in [0, 0.05) is 30.8 Å². The summed E-state index contributed by atoms with van der Waals surface area (Å²) in [6.07, 6.45) is 5.15. The largest absolute Gasteiger partial charge is 0.382 e. The lowest BCUT2D eigenvalue weighted by molar-refractivity contribution is -0.122. The highest BCUT2D eigenvalue weighted by atomic mass is 16.2. The predicted octanol–water partition coefficient (Wildman–Crippen LogP) is 4.58. The Balaban J connectivity index is 1.47. The van der Waals surface area contributed by atoms with Crippen LogP contribution in [0.5, 0.6) is 0 Å². The number of benzene rings is 2. The van der Waals surface area contributed by atoms with Crippen LogP contribution in [0, 0.1) is 5.92 Å². The lowest BCUT2D eigenvalue weighted by atomic mass is 10.1. The van der Waals surface area contributed by atoms with Crippen molar-refractivity contribution < 1.29 is 4.79 Å². The van der Waals surface area contributed by atoms with Crippen LogP contribution in [0.1, 0.15) is 49.6 Å². The molecule has 4 aromatic rings. The quantitative estimate of drug-likeness (QED) is 0.431. The highest BCUT2D eigenvalue weighted by Gasteiger charge is 2.29. The maximum Gasteiger partial charge on any atom is 0.223 e. The fourth-order valence-corrected chi connectivity index (χ4v) is 4.23. The van der Waals surface area contributed by atoms with E-state index in [0.717, 1.165) is 72.0 Å². The zero-order valence-electron chi connectivity index (χ0n) is 18.5. The van der Waals surface area contributed by atoms with Crippen LogP contribution in [0.15, 0.2) is 48.5 Å². The van der Waals surface area contributed by atoms with E-state index in [1.807, 2.05) is 18.2 Å². The molecule has 0 unspecified atom stereocenters. The molecule has 6 heteroatoms. The Labute approximate surface area is 187 Å². The van der Waals surface area contributed by atoms with Crippen LogP contribution in [-0.2, 0) is 24.3 Å². The van der Waals surface area contributed by atoms with E-state index < -0.39 is 0 Å². The second-order valence-corrected chi connectivity index (χ2v) is 8.74. The number of hydrogen-bond acceptors (Lipinski definition) is 4. The van der Waals surface area contributed by atoms with Crippen LogP contribution < -0.4 is 11.1 Å². The molecular weight excluding hydrogens is 398 g/mol. The van der Waals surface area contributed by atoms with Crippen LogP contribution in [0.2, 0.25) is 0 Å². The molecule has 2 aromatic carbocycles. The lowest BCUT2D eigenvalue weighted by Gasteiger charge is -2.12. The van der Waals surface area contributed by atoms with Crippen molar-refractivity contribution in [2.24, 2.45) is 5.92 Å². The number of hydrogen-bond donors (Lipinski definition) is 2. The van der Waals surface area contributed by atoms with E-state index in [0.29, 0.717) is 12.4 Å². The van der Waals surface area contributed by atoms with Crippen molar-refractivity contribution in [3.05, 3.63) is 65.5 Å². The molecule has 164 valence electrons. The van der Waals surface area contributed by atoms with Crippen LogP contribution in [0.4, 0.5) is 5.82 Å². The third-order valence-electron chi connectivity index (χ3n) is 6.22. The molecule has 0 spiro atoms. The number of fused-ring (bicyclic) bond motifs is 3. The first kappa shape index (κ1) is 20.5. The molecule has 2 aromatic heterocycles. The summed E-state index contributed by atoms with van der Waals surface area (Å²) in [5.41, 5.74) is 11.3. The van der Waals surface area contributed by atoms with E-state index >= 15 is 0 Å². The number of carbonyl (C=O) groups excluding carboxylic acids is 1. The van der Waals surface area contributed by atoms with E-state index in [4.69, 9.17) is 10.7 Å². The summed E-state index contributed by atoms with van der Waals surface area (Å²) >= 11 is 0. The van der Waals surface area contributed by atoms with Crippen LogP contribution in [-0.4, -0.2) is 20.4 Å². The highest BCUT2D eigenvalue weighted by Crippen LogP contribution is 2.30. The van der Waals surface area contributed by atoms with Crippen molar-refractivity contribution in [2.75, 3.05) is 5.73 Å². The molecule has 0 saturated heterocycles. The van der Waals surface area contributed by atoms with Gasteiger partial charge >= 0.3 is 0 Å². The van der Waals surface area contributed by atoms with Crippen LogP contribution >= 0.6 is 0 Å². The van der Waals surface area contributed by atoms with E-state index in [2.05, 4.69) is 52.1 Å². The normalized spacial score (nSPS) is 13.7. The summed E-state index contributed by atoms with van der Waals surface area (Å²) in [5.74, 6) is 1.95. The van der Waals surface area contributed by atoms with E-state index in [-0.39, 0.29) is 11.8 Å². The number of nitrogens with one attached hydrogen (secondary N) is 1. The van der Waals surface area contributed by atoms with Crippen LogP contribution in [0.25, 0.3) is 21.9 Å². The fourth-order valence-electron chi connectivity index (χ4n) is 4.23. The van der Waals surface area contributed by atoms with Gasteiger partial charge in [-0.2, -0.15) is 0 Å². The molecule has 1 aliphatic rings. The zero-order valence-corrected chi connectivity index (χ0v) is 18.5. The number of aromatic nitrogens is 3. The molecule has 6 nitrogen and oxygen atoms in total.